The van der Waals surface area contributed by atoms with Crippen LogP contribution in [-0.4, -0.2) is 42.9 Å². The van der Waals surface area contributed by atoms with E-state index in [1.807, 2.05) is 12.1 Å². The van der Waals surface area contributed by atoms with Gasteiger partial charge in [0.15, 0.2) is 0 Å². The molecule has 1 fully saturated rings. The summed E-state index contributed by atoms with van der Waals surface area (Å²) in [7, 11) is 2.09. The Morgan fingerprint density at radius 3 is 2.94 bits per heavy atom. The van der Waals surface area contributed by atoms with Crippen molar-refractivity contribution in [2.75, 3.05) is 26.7 Å². The lowest BCUT2D eigenvalue weighted by Gasteiger charge is -2.36. The maximum Gasteiger partial charge on any atom is 0.124 e. The first-order valence-electron chi connectivity index (χ1n) is 5.83. The minimum atomic E-state index is 0.249. The van der Waals surface area contributed by atoms with Gasteiger partial charge < -0.3 is 9.84 Å². The number of hydrogen-bond donors (Lipinski definition) is 1. The molecule has 0 aliphatic carbocycles. The second kappa shape index (κ2) is 5.32. The molecule has 3 heteroatoms. The summed E-state index contributed by atoms with van der Waals surface area (Å²) >= 11 is 0. The number of aliphatic hydroxyl groups is 1. The van der Waals surface area contributed by atoms with E-state index in [9.17, 15) is 0 Å². The van der Waals surface area contributed by atoms with Crippen LogP contribution in [0.3, 0.4) is 0 Å². The van der Waals surface area contributed by atoms with Crippen LogP contribution in [0, 0.1) is 0 Å². The Kier molecular flexibility index (Phi) is 3.80. The van der Waals surface area contributed by atoms with Gasteiger partial charge in [-0.1, -0.05) is 12.1 Å². The van der Waals surface area contributed by atoms with E-state index in [0.29, 0.717) is 6.10 Å². The summed E-state index contributed by atoms with van der Waals surface area (Å²) in [4.78, 5) is 2.24. The standard InChI is InChI=1S/C13H19NO2/c1-14-9-13(10-14)16-12-6-2-4-11(8-12)5-3-7-15/h2,4,6,8,13,15H,3,5,7,9-10H2,1H3. The third-order valence-corrected chi connectivity index (χ3v) is 2.86. The molecule has 1 aromatic carbocycles. The Morgan fingerprint density at radius 1 is 1.44 bits per heavy atom. The smallest absolute Gasteiger partial charge is 0.124 e. The molecule has 0 saturated carbocycles. The molecule has 1 saturated heterocycles. The minimum Gasteiger partial charge on any atom is -0.488 e. The van der Waals surface area contributed by atoms with Crippen LogP contribution in [0.1, 0.15) is 12.0 Å². The van der Waals surface area contributed by atoms with Crippen LogP contribution in [0.5, 0.6) is 5.75 Å². The van der Waals surface area contributed by atoms with E-state index in [4.69, 9.17) is 9.84 Å². The molecule has 0 atom stereocenters. The van der Waals surface area contributed by atoms with E-state index in [1.54, 1.807) is 0 Å². The van der Waals surface area contributed by atoms with E-state index in [2.05, 4.69) is 24.1 Å². The molecule has 1 heterocycles. The molecule has 0 radical (unpaired) electrons. The zero-order valence-corrected chi connectivity index (χ0v) is 9.72. The lowest BCUT2D eigenvalue weighted by atomic mass is 10.1. The Bertz CT molecular complexity index is 334. The number of ether oxygens (including phenoxy) is 1. The fraction of sp³-hybridized carbons (Fsp3) is 0.538. The number of likely N-dealkylation sites (N-methyl/N-ethyl adjacent to an activating group) is 1. The third-order valence-electron chi connectivity index (χ3n) is 2.86. The molecule has 1 aliphatic heterocycles. The van der Waals surface area contributed by atoms with Crippen LogP contribution >= 0.6 is 0 Å². The maximum atomic E-state index is 8.78. The third kappa shape index (κ3) is 2.97. The van der Waals surface area contributed by atoms with E-state index < -0.39 is 0 Å². The van der Waals surface area contributed by atoms with E-state index in [1.165, 1.54) is 5.56 Å². The van der Waals surface area contributed by atoms with Gasteiger partial charge in [-0.2, -0.15) is 0 Å². The molecule has 0 unspecified atom stereocenters. The predicted molar refractivity (Wildman–Crippen MR) is 63.8 cm³/mol. The van der Waals surface area contributed by atoms with Crippen molar-refractivity contribution in [1.29, 1.82) is 0 Å². The van der Waals surface area contributed by atoms with Crippen molar-refractivity contribution in [3.8, 4) is 5.75 Å². The highest BCUT2D eigenvalue weighted by molar-refractivity contribution is 5.29. The number of nitrogens with zero attached hydrogens (tertiary/aromatic N) is 1. The van der Waals surface area contributed by atoms with E-state index in [0.717, 1.165) is 31.7 Å². The molecule has 0 amide bonds. The number of aryl methyl sites for hydroxylation is 1. The average Bonchev–Trinajstić information content (AvgIpc) is 2.25. The second-order valence-electron chi connectivity index (χ2n) is 4.44. The van der Waals surface area contributed by atoms with Crippen LogP contribution in [0.4, 0.5) is 0 Å². The van der Waals surface area contributed by atoms with Gasteiger partial charge in [0.1, 0.15) is 11.9 Å². The lowest BCUT2D eigenvalue weighted by molar-refractivity contribution is 0.0388. The lowest BCUT2D eigenvalue weighted by Crippen LogP contribution is -2.51. The molecule has 88 valence electrons. The Hall–Kier alpha value is -1.06. The Labute approximate surface area is 96.6 Å². The molecule has 0 bridgehead atoms. The molecule has 16 heavy (non-hydrogen) atoms. The van der Waals surface area contributed by atoms with Crippen molar-refractivity contribution in [2.45, 2.75) is 18.9 Å². The van der Waals surface area contributed by atoms with Crippen molar-refractivity contribution in [3.05, 3.63) is 29.8 Å². The van der Waals surface area contributed by atoms with Gasteiger partial charge in [-0.15, -0.1) is 0 Å². The second-order valence-corrected chi connectivity index (χ2v) is 4.44. The van der Waals surface area contributed by atoms with E-state index in [-0.39, 0.29) is 6.61 Å². The largest absolute Gasteiger partial charge is 0.488 e. The molecular weight excluding hydrogens is 202 g/mol. The molecule has 1 N–H and O–H groups in total. The van der Waals surface area contributed by atoms with Gasteiger partial charge in [0.25, 0.3) is 0 Å². The van der Waals surface area contributed by atoms with Gasteiger partial charge in [0.05, 0.1) is 0 Å². The average molecular weight is 221 g/mol. The summed E-state index contributed by atoms with van der Waals surface area (Å²) in [6.45, 7) is 2.28. The fourth-order valence-corrected chi connectivity index (χ4v) is 1.97. The monoisotopic (exact) mass is 221 g/mol. The fourth-order valence-electron chi connectivity index (χ4n) is 1.97. The summed E-state index contributed by atoms with van der Waals surface area (Å²) in [5.74, 6) is 0.952. The van der Waals surface area contributed by atoms with Gasteiger partial charge >= 0.3 is 0 Å². The minimum absolute atomic E-state index is 0.249. The normalized spacial score (nSPS) is 17.1. The molecule has 0 aromatic heterocycles. The summed E-state index contributed by atoms with van der Waals surface area (Å²) in [5, 5.41) is 8.78. The number of rotatable bonds is 5. The summed E-state index contributed by atoms with van der Waals surface area (Å²) in [5.41, 5.74) is 1.24. The SMILES string of the molecule is CN1CC(Oc2cccc(CCCO)c2)C1. The van der Waals surface area contributed by atoms with Crippen LogP contribution in [-0.2, 0) is 6.42 Å². The molecule has 1 aliphatic rings. The van der Waals surface area contributed by atoms with Gasteiger partial charge in [-0.3, -0.25) is 4.90 Å². The first-order chi connectivity index (χ1) is 7.78. The molecule has 2 rings (SSSR count). The molecule has 3 nitrogen and oxygen atoms in total. The van der Waals surface area contributed by atoms with Gasteiger partial charge in [-0.05, 0) is 37.6 Å². The zero-order valence-electron chi connectivity index (χ0n) is 9.72. The van der Waals surface area contributed by atoms with Crippen LogP contribution in [0.2, 0.25) is 0 Å². The van der Waals surface area contributed by atoms with Crippen LogP contribution in [0.25, 0.3) is 0 Å². The summed E-state index contributed by atoms with van der Waals surface area (Å²) in [6, 6.07) is 8.18. The molecular formula is C13H19NO2. The highest BCUT2D eigenvalue weighted by Gasteiger charge is 2.24. The summed E-state index contributed by atoms with van der Waals surface area (Å²) in [6.07, 6.45) is 2.08. The quantitative estimate of drug-likeness (QED) is 0.813. The van der Waals surface area contributed by atoms with Crippen molar-refractivity contribution in [1.82, 2.24) is 4.90 Å². The van der Waals surface area contributed by atoms with Crippen molar-refractivity contribution in [3.63, 3.8) is 0 Å². The van der Waals surface area contributed by atoms with E-state index >= 15 is 0 Å². The Balaban J connectivity index is 1.88. The number of aliphatic hydroxyl groups excluding tert-OH is 1. The van der Waals surface area contributed by atoms with Gasteiger partial charge in [0, 0.05) is 19.7 Å². The maximum absolute atomic E-state index is 8.78. The topological polar surface area (TPSA) is 32.7 Å². The van der Waals surface area contributed by atoms with Crippen molar-refractivity contribution >= 4 is 0 Å². The van der Waals surface area contributed by atoms with Gasteiger partial charge in [0.2, 0.25) is 0 Å². The summed E-state index contributed by atoms with van der Waals surface area (Å²) < 4.78 is 5.84. The Morgan fingerprint density at radius 2 is 2.25 bits per heavy atom. The number of likely N-dealkylation sites (tertiary alicyclic amines) is 1. The highest BCUT2D eigenvalue weighted by atomic mass is 16.5. The van der Waals surface area contributed by atoms with Gasteiger partial charge in [-0.25, -0.2) is 0 Å². The van der Waals surface area contributed by atoms with Crippen LogP contribution in [0.15, 0.2) is 24.3 Å². The highest BCUT2D eigenvalue weighted by Crippen LogP contribution is 2.19. The predicted octanol–water partition coefficient (Wildman–Crippen LogP) is 1.30. The number of hydrogen-bond acceptors (Lipinski definition) is 3. The molecule has 1 aromatic rings. The van der Waals surface area contributed by atoms with Crippen LogP contribution < -0.4 is 4.74 Å². The zero-order chi connectivity index (χ0) is 11.4. The number of benzene rings is 1. The first kappa shape index (κ1) is 11.4. The first-order valence-corrected chi connectivity index (χ1v) is 5.83. The van der Waals surface area contributed by atoms with Crippen molar-refractivity contribution < 1.29 is 9.84 Å². The van der Waals surface area contributed by atoms with Crippen molar-refractivity contribution in [2.24, 2.45) is 0 Å². The molecule has 0 spiro atoms.